The van der Waals surface area contributed by atoms with Crippen molar-refractivity contribution in [1.29, 1.82) is 10.5 Å². The fraction of sp³-hybridized carbons (Fsp3) is 0.375. The summed E-state index contributed by atoms with van der Waals surface area (Å²) in [6.07, 6.45) is -4.60. The summed E-state index contributed by atoms with van der Waals surface area (Å²) in [6.45, 7) is 2.54. The minimum atomic E-state index is -4.54. The first kappa shape index (κ1) is 27.6. The standard InChI is InChI=1S/C24H23F3N6O3S/c1-2-16-17(11-28)21(33-9-7-15(8-10-33)36-23(31)35)32-22(18(16)12-29)37-19(20(30)34)13-3-5-14(6-4-13)24(25,26)27/h3-6,15,19H,2,7-10H2,1H3,(H2,30,34)(H2,31,35). The summed E-state index contributed by atoms with van der Waals surface area (Å²) in [7, 11) is 0. The molecule has 9 nitrogen and oxygen atoms in total. The Morgan fingerprint density at radius 2 is 1.76 bits per heavy atom. The molecule has 1 aliphatic heterocycles. The summed E-state index contributed by atoms with van der Waals surface area (Å²) in [5.41, 5.74) is 10.8. The van der Waals surface area contributed by atoms with E-state index in [2.05, 4.69) is 11.1 Å². The van der Waals surface area contributed by atoms with Gasteiger partial charge in [0.1, 0.15) is 34.3 Å². The monoisotopic (exact) mass is 532 g/mol. The van der Waals surface area contributed by atoms with Crippen LogP contribution in [-0.2, 0) is 22.1 Å². The zero-order valence-corrected chi connectivity index (χ0v) is 20.5. The van der Waals surface area contributed by atoms with E-state index in [-0.39, 0.29) is 27.8 Å². The smallest absolute Gasteiger partial charge is 0.416 e. The Morgan fingerprint density at radius 1 is 1.16 bits per heavy atom. The highest BCUT2D eigenvalue weighted by atomic mass is 32.2. The zero-order chi connectivity index (χ0) is 27.3. The lowest BCUT2D eigenvalue weighted by molar-refractivity contribution is -0.137. The lowest BCUT2D eigenvalue weighted by atomic mass is 10.0. The van der Waals surface area contributed by atoms with Crippen LogP contribution in [0.2, 0.25) is 0 Å². The van der Waals surface area contributed by atoms with Crippen LogP contribution in [-0.4, -0.2) is 36.2 Å². The van der Waals surface area contributed by atoms with Crippen molar-refractivity contribution in [3.63, 3.8) is 0 Å². The number of amides is 2. The number of nitrogens with two attached hydrogens (primary N) is 2. The average Bonchev–Trinajstić information content (AvgIpc) is 2.85. The van der Waals surface area contributed by atoms with Gasteiger partial charge in [-0.25, -0.2) is 9.78 Å². The number of pyridine rings is 1. The highest BCUT2D eigenvalue weighted by molar-refractivity contribution is 8.00. The number of hydrogen-bond acceptors (Lipinski definition) is 8. The molecule has 3 rings (SSSR count). The maximum Gasteiger partial charge on any atom is 0.416 e. The van der Waals surface area contributed by atoms with Gasteiger partial charge < -0.3 is 21.1 Å². The van der Waals surface area contributed by atoms with E-state index in [1.807, 2.05) is 11.0 Å². The fourth-order valence-electron chi connectivity index (χ4n) is 4.10. The molecule has 1 aromatic carbocycles. The number of nitrogens with zero attached hydrogens (tertiary/aromatic N) is 4. The quantitative estimate of drug-likeness (QED) is 0.510. The predicted octanol–water partition coefficient (Wildman–Crippen LogP) is 3.79. The zero-order valence-electron chi connectivity index (χ0n) is 19.7. The van der Waals surface area contributed by atoms with Gasteiger partial charge >= 0.3 is 12.3 Å². The number of alkyl halides is 3. The molecule has 2 amide bonds. The number of primary amides is 2. The Labute approximate surface area is 215 Å². The summed E-state index contributed by atoms with van der Waals surface area (Å²) in [4.78, 5) is 29.8. The van der Waals surface area contributed by atoms with Gasteiger partial charge in [-0.3, -0.25) is 4.79 Å². The van der Waals surface area contributed by atoms with Gasteiger partial charge in [-0.2, -0.15) is 23.7 Å². The van der Waals surface area contributed by atoms with Gasteiger partial charge in [-0.05, 0) is 29.7 Å². The minimum absolute atomic E-state index is 0.0953. The number of anilines is 1. The number of piperidine rings is 1. The Hall–Kier alpha value is -3.97. The molecule has 0 spiro atoms. The van der Waals surface area contributed by atoms with Crippen LogP contribution in [0.25, 0.3) is 0 Å². The van der Waals surface area contributed by atoms with E-state index >= 15 is 0 Å². The van der Waals surface area contributed by atoms with E-state index in [4.69, 9.17) is 16.2 Å². The highest BCUT2D eigenvalue weighted by Gasteiger charge is 2.32. The first-order valence-corrected chi connectivity index (χ1v) is 12.1. The Bertz CT molecular complexity index is 1260. The van der Waals surface area contributed by atoms with Gasteiger partial charge in [0.05, 0.1) is 16.7 Å². The van der Waals surface area contributed by atoms with Gasteiger partial charge in [0.2, 0.25) is 5.91 Å². The maximum absolute atomic E-state index is 13.0. The van der Waals surface area contributed by atoms with Crippen molar-refractivity contribution in [3.05, 3.63) is 52.1 Å². The fourth-order valence-corrected chi connectivity index (χ4v) is 5.15. The minimum Gasteiger partial charge on any atom is -0.446 e. The Balaban J connectivity index is 2.02. The summed E-state index contributed by atoms with van der Waals surface area (Å²) < 4.78 is 44.0. The number of rotatable bonds is 7. The van der Waals surface area contributed by atoms with Crippen LogP contribution in [0.5, 0.6) is 0 Å². The lowest BCUT2D eigenvalue weighted by Gasteiger charge is -2.33. The molecule has 1 saturated heterocycles. The van der Waals surface area contributed by atoms with Crippen LogP contribution in [0, 0.1) is 22.7 Å². The third-order valence-corrected chi connectivity index (χ3v) is 7.14. The molecule has 194 valence electrons. The molecule has 1 atom stereocenters. The highest BCUT2D eigenvalue weighted by Crippen LogP contribution is 2.40. The summed E-state index contributed by atoms with van der Waals surface area (Å²) in [5, 5.41) is 18.8. The molecular weight excluding hydrogens is 509 g/mol. The Kier molecular flexibility index (Phi) is 8.50. The third-order valence-electron chi connectivity index (χ3n) is 5.88. The molecule has 2 aromatic rings. The second-order valence-corrected chi connectivity index (χ2v) is 9.28. The van der Waals surface area contributed by atoms with Gasteiger partial charge in [0.15, 0.2) is 0 Å². The normalized spacial score (nSPS) is 14.9. The van der Waals surface area contributed by atoms with Gasteiger partial charge in [0.25, 0.3) is 0 Å². The van der Waals surface area contributed by atoms with E-state index in [0.29, 0.717) is 43.7 Å². The van der Waals surface area contributed by atoms with E-state index < -0.39 is 29.0 Å². The predicted molar refractivity (Wildman–Crippen MR) is 128 cm³/mol. The molecule has 1 fully saturated rings. The number of halogens is 3. The van der Waals surface area contributed by atoms with Crippen LogP contribution in [0.15, 0.2) is 29.3 Å². The summed E-state index contributed by atoms with van der Waals surface area (Å²) in [6, 6.07) is 8.19. The van der Waals surface area contributed by atoms with Crippen molar-refractivity contribution >= 4 is 29.6 Å². The van der Waals surface area contributed by atoms with E-state index in [0.717, 1.165) is 36.0 Å². The molecule has 0 saturated carbocycles. The number of carbonyl (C=O) groups is 2. The first-order valence-electron chi connectivity index (χ1n) is 11.2. The Morgan fingerprint density at radius 3 is 2.22 bits per heavy atom. The molecule has 0 bridgehead atoms. The summed E-state index contributed by atoms with van der Waals surface area (Å²) in [5.74, 6) is -0.530. The number of aromatic nitrogens is 1. The SMILES string of the molecule is CCc1c(C#N)c(SC(C(N)=O)c2ccc(C(F)(F)F)cc2)nc(N2CCC(OC(N)=O)CC2)c1C#N. The van der Waals surface area contributed by atoms with Gasteiger partial charge in [-0.1, -0.05) is 30.8 Å². The second kappa shape index (κ2) is 11.4. The lowest BCUT2D eigenvalue weighted by Crippen LogP contribution is -2.39. The second-order valence-electron chi connectivity index (χ2n) is 8.19. The van der Waals surface area contributed by atoms with Crippen LogP contribution < -0.4 is 16.4 Å². The topological polar surface area (TPSA) is 159 Å². The number of nitriles is 2. The van der Waals surface area contributed by atoms with Crippen molar-refractivity contribution in [2.75, 3.05) is 18.0 Å². The molecule has 1 aromatic heterocycles. The molecular formula is C24H23F3N6O3S. The average molecular weight is 533 g/mol. The number of benzene rings is 1. The number of carbonyl (C=O) groups excluding carboxylic acids is 2. The van der Waals surface area contributed by atoms with Crippen LogP contribution >= 0.6 is 11.8 Å². The molecule has 13 heteroatoms. The molecule has 1 aliphatic rings. The van der Waals surface area contributed by atoms with Crippen LogP contribution in [0.3, 0.4) is 0 Å². The molecule has 37 heavy (non-hydrogen) atoms. The summed E-state index contributed by atoms with van der Waals surface area (Å²) >= 11 is 0.839. The van der Waals surface area contributed by atoms with Crippen molar-refractivity contribution < 1.29 is 27.5 Å². The van der Waals surface area contributed by atoms with E-state index in [9.17, 15) is 33.3 Å². The molecule has 1 unspecified atom stereocenters. The van der Waals surface area contributed by atoms with E-state index in [1.165, 1.54) is 0 Å². The third kappa shape index (κ3) is 6.24. The van der Waals surface area contributed by atoms with Crippen molar-refractivity contribution in [3.8, 4) is 12.1 Å². The number of thioether (sulfide) groups is 1. The van der Waals surface area contributed by atoms with Gasteiger partial charge in [0, 0.05) is 25.9 Å². The largest absolute Gasteiger partial charge is 0.446 e. The number of hydrogen-bond donors (Lipinski definition) is 2. The van der Waals surface area contributed by atoms with Gasteiger partial charge in [-0.15, -0.1) is 0 Å². The van der Waals surface area contributed by atoms with Crippen molar-refractivity contribution in [1.82, 2.24) is 4.98 Å². The molecule has 0 radical (unpaired) electrons. The van der Waals surface area contributed by atoms with E-state index in [1.54, 1.807) is 6.92 Å². The van der Waals surface area contributed by atoms with Crippen molar-refractivity contribution in [2.45, 2.75) is 48.7 Å². The van der Waals surface area contributed by atoms with Crippen molar-refractivity contribution in [2.24, 2.45) is 11.5 Å². The molecule has 2 heterocycles. The first-order chi connectivity index (χ1) is 17.5. The van der Waals surface area contributed by atoms with Crippen LogP contribution in [0.1, 0.15) is 52.8 Å². The molecule has 4 N–H and O–H groups in total. The van der Waals surface area contributed by atoms with Crippen LogP contribution in [0.4, 0.5) is 23.8 Å². The number of ether oxygens (including phenoxy) is 1. The molecule has 0 aliphatic carbocycles. The maximum atomic E-state index is 13.0.